The lowest BCUT2D eigenvalue weighted by molar-refractivity contribution is -0.133. The van der Waals surface area contributed by atoms with E-state index in [1.165, 1.54) is 5.56 Å². The predicted molar refractivity (Wildman–Crippen MR) is 140 cm³/mol. The highest BCUT2D eigenvalue weighted by molar-refractivity contribution is 5.79. The number of hydrogen-bond donors (Lipinski definition) is 0. The maximum Gasteiger partial charge on any atom is 0.266 e. The SMILES string of the molecule is CCCCCC(=O)N(CCN(C)C)C(C)c1nc2ccccc2c(=O)n1-c1ccc(CC)cc1. The van der Waals surface area contributed by atoms with Gasteiger partial charge < -0.3 is 9.80 Å². The van der Waals surface area contributed by atoms with Gasteiger partial charge in [-0.15, -0.1) is 0 Å². The summed E-state index contributed by atoms with van der Waals surface area (Å²) in [4.78, 5) is 35.9. The third kappa shape index (κ3) is 5.92. The van der Waals surface area contributed by atoms with Crippen molar-refractivity contribution in [2.24, 2.45) is 0 Å². The molecule has 0 aliphatic rings. The van der Waals surface area contributed by atoms with Gasteiger partial charge in [0.05, 0.1) is 22.6 Å². The van der Waals surface area contributed by atoms with E-state index in [0.717, 1.165) is 37.9 Å². The molecule has 1 amide bonds. The summed E-state index contributed by atoms with van der Waals surface area (Å²) in [5.41, 5.74) is 2.52. The van der Waals surface area contributed by atoms with Gasteiger partial charge in [0, 0.05) is 19.5 Å². The summed E-state index contributed by atoms with van der Waals surface area (Å²) in [6.45, 7) is 7.56. The summed E-state index contributed by atoms with van der Waals surface area (Å²) in [6.07, 6.45) is 4.41. The zero-order valence-corrected chi connectivity index (χ0v) is 21.3. The van der Waals surface area contributed by atoms with E-state index in [9.17, 15) is 9.59 Å². The molecule has 182 valence electrons. The van der Waals surface area contributed by atoms with Crippen LogP contribution in [-0.4, -0.2) is 52.4 Å². The Balaban J connectivity index is 2.13. The Kier molecular flexibility index (Phi) is 8.99. The minimum Gasteiger partial charge on any atom is -0.331 e. The van der Waals surface area contributed by atoms with Crippen LogP contribution in [0.4, 0.5) is 0 Å². The number of rotatable bonds is 11. The van der Waals surface area contributed by atoms with Crippen molar-refractivity contribution >= 4 is 16.8 Å². The largest absolute Gasteiger partial charge is 0.331 e. The maximum atomic E-state index is 13.7. The zero-order valence-electron chi connectivity index (χ0n) is 21.3. The van der Waals surface area contributed by atoms with Crippen LogP contribution in [0.3, 0.4) is 0 Å². The Morgan fingerprint density at radius 3 is 2.35 bits per heavy atom. The Bertz CT molecular complexity index is 1150. The quantitative estimate of drug-likeness (QED) is 0.377. The molecule has 3 rings (SSSR count). The summed E-state index contributed by atoms with van der Waals surface area (Å²) in [6, 6.07) is 15.1. The normalized spacial score (nSPS) is 12.3. The van der Waals surface area contributed by atoms with Gasteiger partial charge in [0.1, 0.15) is 5.82 Å². The van der Waals surface area contributed by atoms with Crippen LogP contribution in [0, 0.1) is 0 Å². The van der Waals surface area contributed by atoms with Crippen molar-refractivity contribution in [3.8, 4) is 5.69 Å². The molecule has 1 heterocycles. The Hall–Kier alpha value is -2.99. The number of benzene rings is 2. The van der Waals surface area contributed by atoms with Crippen molar-refractivity contribution in [1.29, 1.82) is 0 Å². The second kappa shape index (κ2) is 11.9. The summed E-state index contributed by atoms with van der Waals surface area (Å²) in [5, 5.41) is 0.576. The summed E-state index contributed by atoms with van der Waals surface area (Å²) < 4.78 is 1.69. The second-order valence-corrected chi connectivity index (χ2v) is 9.17. The monoisotopic (exact) mass is 462 g/mol. The number of likely N-dealkylation sites (N-methyl/N-ethyl adjacent to an activating group) is 1. The number of para-hydroxylation sites is 1. The summed E-state index contributed by atoms with van der Waals surface area (Å²) >= 11 is 0. The van der Waals surface area contributed by atoms with Crippen molar-refractivity contribution in [2.45, 2.75) is 58.9 Å². The summed E-state index contributed by atoms with van der Waals surface area (Å²) in [7, 11) is 4.01. The van der Waals surface area contributed by atoms with Crippen LogP contribution in [0.15, 0.2) is 53.3 Å². The highest BCUT2D eigenvalue weighted by atomic mass is 16.2. The Morgan fingerprint density at radius 2 is 1.71 bits per heavy atom. The molecule has 0 saturated carbocycles. The van der Waals surface area contributed by atoms with Gasteiger partial charge in [-0.2, -0.15) is 0 Å². The molecule has 1 unspecified atom stereocenters. The molecule has 2 aromatic carbocycles. The topological polar surface area (TPSA) is 58.4 Å². The van der Waals surface area contributed by atoms with Crippen LogP contribution in [0.25, 0.3) is 16.6 Å². The van der Waals surface area contributed by atoms with Crippen LogP contribution >= 0.6 is 0 Å². The lowest BCUT2D eigenvalue weighted by Gasteiger charge is -2.31. The van der Waals surface area contributed by atoms with Gasteiger partial charge in [-0.3, -0.25) is 14.2 Å². The molecular formula is C28H38N4O2. The molecule has 0 fully saturated rings. The number of carbonyl (C=O) groups excluding carboxylic acids is 1. The fourth-order valence-corrected chi connectivity index (χ4v) is 4.21. The first-order valence-electron chi connectivity index (χ1n) is 12.4. The molecule has 0 N–H and O–H groups in total. The smallest absolute Gasteiger partial charge is 0.266 e. The number of hydrogen-bond acceptors (Lipinski definition) is 4. The molecule has 1 atom stereocenters. The molecule has 0 radical (unpaired) electrons. The molecule has 34 heavy (non-hydrogen) atoms. The number of fused-ring (bicyclic) bond motifs is 1. The van der Waals surface area contributed by atoms with E-state index < -0.39 is 0 Å². The van der Waals surface area contributed by atoms with E-state index in [4.69, 9.17) is 4.98 Å². The van der Waals surface area contributed by atoms with Crippen LogP contribution in [0.5, 0.6) is 0 Å². The van der Waals surface area contributed by atoms with E-state index in [1.54, 1.807) is 4.57 Å². The van der Waals surface area contributed by atoms with Crippen molar-refractivity contribution in [2.75, 3.05) is 27.2 Å². The van der Waals surface area contributed by atoms with Crippen molar-refractivity contribution in [1.82, 2.24) is 19.4 Å². The van der Waals surface area contributed by atoms with Crippen LogP contribution < -0.4 is 5.56 Å². The van der Waals surface area contributed by atoms with Gasteiger partial charge >= 0.3 is 0 Å². The van der Waals surface area contributed by atoms with E-state index in [1.807, 2.05) is 74.4 Å². The highest BCUT2D eigenvalue weighted by Gasteiger charge is 2.26. The lowest BCUT2D eigenvalue weighted by atomic mass is 10.1. The van der Waals surface area contributed by atoms with Gasteiger partial charge in [-0.25, -0.2) is 4.98 Å². The number of amides is 1. The van der Waals surface area contributed by atoms with Crippen molar-refractivity contribution < 1.29 is 4.79 Å². The van der Waals surface area contributed by atoms with Crippen molar-refractivity contribution in [3.05, 3.63) is 70.3 Å². The average molecular weight is 463 g/mol. The molecule has 1 aromatic heterocycles. The molecule has 0 aliphatic heterocycles. The van der Waals surface area contributed by atoms with Gasteiger partial charge in [0.2, 0.25) is 5.91 Å². The minimum absolute atomic E-state index is 0.109. The Labute approximate surface area is 203 Å². The van der Waals surface area contributed by atoms with E-state index >= 15 is 0 Å². The number of aryl methyl sites for hydroxylation is 1. The molecule has 0 bridgehead atoms. The maximum absolute atomic E-state index is 13.7. The number of carbonyl (C=O) groups is 1. The zero-order chi connectivity index (χ0) is 24.7. The van der Waals surface area contributed by atoms with E-state index in [2.05, 4.69) is 18.7 Å². The standard InChI is InChI=1S/C28H38N4O2/c1-6-8-9-14-26(33)31(20-19-30(4)5)21(3)27-29-25-13-11-10-12-24(25)28(34)32(27)23-17-15-22(7-2)16-18-23/h10-13,15-18,21H,6-9,14,19-20H2,1-5H3. The third-order valence-corrected chi connectivity index (χ3v) is 6.35. The minimum atomic E-state index is -0.350. The first-order chi connectivity index (χ1) is 16.4. The van der Waals surface area contributed by atoms with Gasteiger partial charge in [0.25, 0.3) is 5.56 Å². The highest BCUT2D eigenvalue weighted by Crippen LogP contribution is 2.24. The van der Waals surface area contributed by atoms with Crippen LogP contribution in [-0.2, 0) is 11.2 Å². The fraction of sp³-hybridized carbons (Fsp3) is 0.464. The predicted octanol–water partition coefficient (Wildman–Crippen LogP) is 4.98. The van der Waals surface area contributed by atoms with Gasteiger partial charge in [-0.05, 0) is 63.7 Å². The molecule has 0 saturated heterocycles. The summed E-state index contributed by atoms with van der Waals surface area (Å²) in [5.74, 6) is 0.702. The van der Waals surface area contributed by atoms with Gasteiger partial charge in [0.15, 0.2) is 0 Å². The number of aromatic nitrogens is 2. The van der Waals surface area contributed by atoms with Gasteiger partial charge in [-0.1, -0.05) is 51.0 Å². The lowest BCUT2D eigenvalue weighted by Crippen LogP contribution is -2.40. The Morgan fingerprint density at radius 1 is 1.00 bits per heavy atom. The van der Waals surface area contributed by atoms with Crippen molar-refractivity contribution in [3.63, 3.8) is 0 Å². The van der Waals surface area contributed by atoms with Crippen LogP contribution in [0.1, 0.15) is 63.9 Å². The molecule has 6 nitrogen and oxygen atoms in total. The number of unbranched alkanes of at least 4 members (excludes halogenated alkanes) is 2. The molecule has 3 aromatic rings. The van der Waals surface area contributed by atoms with Crippen LogP contribution in [0.2, 0.25) is 0 Å². The van der Waals surface area contributed by atoms with E-state index in [-0.39, 0.29) is 17.5 Å². The molecular weight excluding hydrogens is 424 g/mol. The molecule has 6 heteroatoms. The molecule has 0 aliphatic carbocycles. The first-order valence-corrected chi connectivity index (χ1v) is 12.4. The first kappa shape index (κ1) is 25.6. The second-order valence-electron chi connectivity index (χ2n) is 9.17. The average Bonchev–Trinajstić information content (AvgIpc) is 2.84. The third-order valence-electron chi connectivity index (χ3n) is 6.35. The number of nitrogens with zero attached hydrogens (tertiary/aromatic N) is 4. The van der Waals surface area contributed by atoms with E-state index in [0.29, 0.717) is 29.7 Å². The molecule has 0 spiro atoms. The fourth-order valence-electron chi connectivity index (χ4n) is 4.21.